The third-order valence-corrected chi connectivity index (χ3v) is 8.35. The average molecular weight is 353 g/mol. The lowest BCUT2D eigenvalue weighted by atomic mass is 9.51. The summed E-state index contributed by atoms with van der Waals surface area (Å²) in [5, 5.41) is 0. The van der Waals surface area contributed by atoms with Crippen LogP contribution in [0, 0.1) is 35.5 Å². The van der Waals surface area contributed by atoms with Gasteiger partial charge in [0, 0.05) is 34.4 Å². The van der Waals surface area contributed by atoms with Crippen LogP contribution < -0.4 is 0 Å². The van der Waals surface area contributed by atoms with Crippen LogP contribution in [0.4, 0.5) is 0 Å². The van der Waals surface area contributed by atoms with Gasteiger partial charge in [0.05, 0.1) is 24.4 Å². The Balaban J connectivity index is 1.69. The molecule has 0 aromatic carbocycles. The highest BCUT2D eigenvalue weighted by molar-refractivity contribution is 5.09. The van der Waals surface area contributed by atoms with E-state index in [2.05, 4.69) is 0 Å². The SMILES string of the molecule is COC1CCC2C3CCC4CCCC4C3C(OC)C(OC)C2C1OC. The zero-order chi connectivity index (χ0) is 17.6. The van der Waals surface area contributed by atoms with Crippen molar-refractivity contribution in [1.29, 1.82) is 0 Å². The second kappa shape index (κ2) is 7.46. The molecule has 0 heterocycles. The summed E-state index contributed by atoms with van der Waals surface area (Å²) in [6.45, 7) is 0. The molecule has 0 amide bonds. The smallest absolute Gasteiger partial charge is 0.0892 e. The molecule has 10 atom stereocenters. The summed E-state index contributed by atoms with van der Waals surface area (Å²) in [6, 6.07) is 0. The van der Waals surface area contributed by atoms with Gasteiger partial charge in [0.15, 0.2) is 0 Å². The van der Waals surface area contributed by atoms with Gasteiger partial charge in [-0.25, -0.2) is 0 Å². The summed E-state index contributed by atoms with van der Waals surface area (Å²) >= 11 is 0. The van der Waals surface area contributed by atoms with Crippen molar-refractivity contribution in [3.63, 3.8) is 0 Å². The molecule has 4 heteroatoms. The number of ether oxygens (including phenoxy) is 4. The fourth-order valence-electron chi connectivity index (χ4n) is 7.55. The summed E-state index contributed by atoms with van der Waals surface area (Å²) < 4.78 is 24.1. The van der Waals surface area contributed by atoms with Gasteiger partial charge in [-0.3, -0.25) is 0 Å². The Morgan fingerprint density at radius 1 is 0.520 bits per heavy atom. The predicted molar refractivity (Wildman–Crippen MR) is 96.4 cm³/mol. The van der Waals surface area contributed by atoms with Gasteiger partial charge in [0.2, 0.25) is 0 Å². The molecule has 0 bridgehead atoms. The average Bonchev–Trinajstić information content (AvgIpc) is 3.14. The molecule has 0 aromatic heterocycles. The van der Waals surface area contributed by atoms with Crippen molar-refractivity contribution in [2.24, 2.45) is 35.5 Å². The molecule has 4 aliphatic carbocycles. The maximum Gasteiger partial charge on any atom is 0.0892 e. The second-order valence-electron chi connectivity index (χ2n) is 8.87. The summed E-state index contributed by atoms with van der Waals surface area (Å²) in [5.41, 5.74) is 0. The molecule has 0 spiro atoms. The summed E-state index contributed by atoms with van der Waals surface area (Å²) in [6.07, 6.45) is 10.0. The van der Waals surface area contributed by atoms with Crippen LogP contribution in [0.2, 0.25) is 0 Å². The molecule has 4 rings (SSSR count). The van der Waals surface area contributed by atoms with Crippen LogP contribution in [0.3, 0.4) is 0 Å². The highest BCUT2D eigenvalue weighted by Gasteiger charge is 2.60. The Hall–Kier alpha value is -0.160. The van der Waals surface area contributed by atoms with Crippen LogP contribution in [0.1, 0.15) is 44.9 Å². The zero-order valence-corrected chi connectivity index (χ0v) is 16.4. The van der Waals surface area contributed by atoms with E-state index in [1.165, 1.54) is 38.5 Å². The molecule has 0 radical (unpaired) electrons. The molecular weight excluding hydrogens is 316 g/mol. The van der Waals surface area contributed by atoms with E-state index in [1.807, 2.05) is 28.4 Å². The maximum atomic E-state index is 6.16. The lowest BCUT2D eigenvalue weighted by Crippen LogP contribution is -2.64. The highest BCUT2D eigenvalue weighted by Crippen LogP contribution is 2.59. The minimum Gasteiger partial charge on any atom is -0.379 e. The number of hydrogen-bond donors (Lipinski definition) is 0. The number of fused-ring (bicyclic) bond motifs is 5. The predicted octanol–water partition coefficient (Wildman–Crippen LogP) is 3.53. The van der Waals surface area contributed by atoms with Gasteiger partial charge in [-0.05, 0) is 61.7 Å². The number of methoxy groups -OCH3 is 4. The lowest BCUT2D eigenvalue weighted by molar-refractivity contribution is -0.231. The molecule has 4 saturated carbocycles. The van der Waals surface area contributed by atoms with Crippen molar-refractivity contribution in [2.75, 3.05) is 28.4 Å². The van der Waals surface area contributed by atoms with Crippen molar-refractivity contribution in [1.82, 2.24) is 0 Å². The van der Waals surface area contributed by atoms with E-state index >= 15 is 0 Å². The topological polar surface area (TPSA) is 36.9 Å². The van der Waals surface area contributed by atoms with Crippen molar-refractivity contribution in [3.05, 3.63) is 0 Å². The number of rotatable bonds is 4. The third-order valence-electron chi connectivity index (χ3n) is 8.35. The van der Waals surface area contributed by atoms with Gasteiger partial charge >= 0.3 is 0 Å². The lowest BCUT2D eigenvalue weighted by Gasteiger charge is -2.59. The molecule has 4 fully saturated rings. The minimum atomic E-state index is 0.119. The molecule has 144 valence electrons. The van der Waals surface area contributed by atoms with Crippen molar-refractivity contribution in [3.8, 4) is 0 Å². The highest BCUT2D eigenvalue weighted by atomic mass is 16.5. The van der Waals surface area contributed by atoms with Gasteiger partial charge in [0.1, 0.15) is 0 Å². The first-order valence-corrected chi connectivity index (χ1v) is 10.4. The first-order chi connectivity index (χ1) is 12.2. The van der Waals surface area contributed by atoms with Gasteiger partial charge < -0.3 is 18.9 Å². The van der Waals surface area contributed by atoms with Crippen LogP contribution in [-0.4, -0.2) is 52.9 Å². The van der Waals surface area contributed by atoms with Gasteiger partial charge in [-0.15, -0.1) is 0 Å². The van der Waals surface area contributed by atoms with E-state index in [1.54, 1.807) is 0 Å². The number of hydrogen-bond acceptors (Lipinski definition) is 4. The molecule has 4 nitrogen and oxygen atoms in total. The summed E-state index contributed by atoms with van der Waals surface area (Å²) in [4.78, 5) is 0. The van der Waals surface area contributed by atoms with Crippen molar-refractivity contribution < 1.29 is 18.9 Å². The Morgan fingerprint density at radius 2 is 1.16 bits per heavy atom. The van der Waals surface area contributed by atoms with E-state index in [-0.39, 0.29) is 24.4 Å². The van der Waals surface area contributed by atoms with E-state index < -0.39 is 0 Å². The minimum absolute atomic E-state index is 0.119. The Labute approximate surface area is 152 Å². The van der Waals surface area contributed by atoms with Gasteiger partial charge in [-0.1, -0.05) is 12.8 Å². The Bertz CT molecular complexity index is 447. The van der Waals surface area contributed by atoms with Crippen molar-refractivity contribution >= 4 is 0 Å². The molecule has 0 saturated heterocycles. The molecule has 0 N–H and O–H groups in total. The first kappa shape index (κ1) is 18.2. The van der Waals surface area contributed by atoms with Crippen LogP contribution >= 0.6 is 0 Å². The van der Waals surface area contributed by atoms with Crippen molar-refractivity contribution in [2.45, 2.75) is 69.4 Å². The van der Waals surface area contributed by atoms with Crippen LogP contribution in [-0.2, 0) is 18.9 Å². The Kier molecular flexibility index (Phi) is 5.43. The van der Waals surface area contributed by atoms with Gasteiger partial charge in [-0.2, -0.15) is 0 Å². The normalized spacial score (nSPS) is 52.3. The second-order valence-corrected chi connectivity index (χ2v) is 8.87. The molecule has 0 aromatic rings. The van der Waals surface area contributed by atoms with Crippen LogP contribution in [0.15, 0.2) is 0 Å². The standard InChI is InChI=1S/C21H36O4/c1-22-16-11-10-15-14-9-8-12-6-5-7-13(12)17(14)20(24-3)21(25-4)18(15)19(16)23-2/h12-21H,5-11H2,1-4H3. The van der Waals surface area contributed by atoms with E-state index in [0.29, 0.717) is 17.8 Å². The quantitative estimate of drug-likeness (QED) is 0.776. The zero-order valence-electron chi connectivity index (χ0n) is 16.4. The molecule has 0 aliphatic heterocycles. The third kappa shape index (κ3) is 2.79. The van der Waals surface area contributed by atoms with E-state index in [9.17, 15) is 0 Å². The first-order valence-electron chi connectivity index (χ1n) is 10.4. The Morgan fingerprint density at radius 3 is 1.84 bits per heavy atom. The summed E-state index contributed by atoms with van der Waals surface area (Å²) in [5.74, 6) is 4.31. The van der Waals surface area contributed by atoms with Gasteiger partial charge in [0.25, 0.3) is 0 Å². The summed E-state index contributed by atoms with van der Waals surface area (Å²) in [7, 11) is 7.42. The fraction of sp³-hybridized carbons (Fsp3) is 1.00. The van der Waals surface area contributed by atoms with Crippen LogP contribution in [0.25, 0.3) is 0 Å². The molecular formula is C21H36O4. The maximum absolute atomic E-state index is 6.16. The monoisotopic (exact) mass is 352 g/mol. The molecule has 4 aliphatic rings. The van der Waals surface area contributed by atoms with Crippen LogP contribution in [0.5, 0.6) is 0 Å². The fourth-order valence-corrected chi connectivity index (χ4v) is 7.55. The largest absolute Gasteiger partial charge is 0.379 e. The van der Waals surface area contributed by atoms with E-state index in [0.717, 1.165) is 24.2 Å². The van der Waals surface area contributed by atoms with E-state index in [4.69, 9.17) is 18.9 Å². The molecule has 25 heavy (non-hydrogen) atoms. The molecule has 10 unspecified atom stereocenters.